The Bertz CT molecular complexity index is 1200. The van der Waals surface area contributed by atoms with E-state index in [1.54, 1.807) is 20.3 Å². The molecule has 0 fully saturated rings. The van der Waals surface area contributed by atoms with Gasteiger partial charge in [-0.2, -0.15) is 0 Å². The minimum Gasteiger partial charge on any atom is -0.493 e. The van der Waals surface area contributed by atoms with Crippen LogP contribution in [0.5, 0.6) is 11.5 Å². The number of benzene rings is 1. The summed E-state index contributed by atoms with van der Waals surface area (Å²) in [5.74, 6) is 3.57. The summed E-state index contributed by atoms with van der Waals surface area (Å²) in [5, 5.41) is 1.26. The minimum atomic E-state index is -0.599. The number of terminal acetylenes is 1. The van der Waals surface area contributed by atoms with Crippen molar-refractivity contribution in [3.8, 4) is 23.8 Å². The van der Waals surface area contributed by atoms with Gasteiger partial charge in [-0.15, -0.1) is 12.3 Å². The van der Waals surface area contributed by atoms with Crippen molar-refractivity contribution < 1.29 is 19.0 Å². The van der Waals surface area contributed by atoms with Crippen molar-refractivity contribution in [2.45, 2.75) is 64.4 Å². The van der Waals surface area contributed by atoms with E-state index in [-0.39, 0.29) is 23.7 Å². The Morgan fingerprint density at radius 1 is 1.12 bits per heavy atom. The summed E-state index contributed by atoms with van der Waals surface area (Å²) >= 11 is 0. The van der Waals surface area contributed by atoms with Crippen LogP contribution < -0.4 is 14.9 Å². The van der Waals surface area contributed by atoms with Crippen LogP contribution in [0.1, 0.15) is 69.6 Å². The predicted molar refractivity (Wildman–Crippen MR) is 132 cm³/mol. The van der Waals surface area contributed by atoms with Crippen molar-refractivity contribution in [1.82, 2.24) is 0 Å². The summed E-state index contributed by atoms with van der Waals surface area (Å²) in [6.07, 6.45) is 9.96. The van der Waals surface area contributed by atoms with Crippen molar-refractivity contribution >= 4 is 22.8 Å². The Hall–Kier alpha value is -3.26. The third-order valence-electron chi connectivity index (χ3n) is 6.30. The Kier molecular flexibility index (Phi) is 7.17. The average Bonchev–Trinajstić information content (AvgIpc) is 2.91. The molecule has 1 aliphatic rings. The van der Waals surface area contributed by atoms with Gasteiger partial charge in [0.2, 0.25) is 0 Å². The van der Waals surface area contributed by atoms with Gasteiger partial charge in [0, 0.05) is 34.6 Å². The van der Waals surface area contributed by atoms with Crippen LogP contribution >= 0.6 is 0 Å². The first-order valence-electron chi connectivity index (χ1n) is 11.2. The quantitative estimate of drug-likeness (QED) is 0.324. The summed E-state index contributed by atoms with van der Waals surface area (Å²) in [6.45, 7) is 8.07. The van der Waals surface area contributed by atoms with Gasteiger partial charge in [-0.05, 0) is 47.7 Å². The fourth-order valence-electron chi connectivity index (χ4n) is 4.39. The van der Waals surface area contributed by atoms with E-state index in [1.807, 2.05) is 38.1 Å². The maximum absolute atomic E-state index is 13.4. The van der Waals surface area contributed by atoms with Crippen LogP contribution in [0.3, 0.4) is 0 Å². The van der Waals surface area contributed by atoms with Gasteiger partial charge in [0.1, 0.15) is 6.10 Å². The molecule has 0 radical (unpaired) electrons. The van der Waals surface area contributed by atoms with Crippen LogP contribution in [0, 0.1) is 12.3 Å². The largest absolute Gasteiger partial charge is 0.493 e. The molecule has 0 spiro atoms. The zero-order valence-corrected chi connectivity index (χ0v) is 20.3. The topological polar surface area (TPSA) is 61.8 Å². The van der Waals surface area contributed by atoms with Crippen LogP contribution in [-0.2, 0) is 14.9 Å². The molecule has 1 aliphatic carbocycles. The maximum Gasteiger partial charge on any atom is 0.306 e. The Morgan fingerprint density at radius 2 is 1.82 bits per heavy atom. The molecular weight excluding hydrogens is 416 g/mol. The first-order valence-corrected chi connectivity index (χ1v) is 11.2. The second-order valence-corrected chi connectivity index (χ2v) is 9.22. The monoisotopic (exact) mass is 448 g/mol. The lowest BCUT2D eigenvalue weighted by atomic mass is 9.74. The summed E-state index contributed by atoms with van der Waals surface area (Å²) < 4.78 is 17.2. The smallest absolute Gasteiger partial charge is 0.306 e. The molecule has 0 N–H and O–H groups in total. The highest BCUT2D eigenvalue weighted by Crippen LogP contribution is 2.43. The third-order valence-corrected chi connectivity index (χ3v) is 6.30. The van der Waals surface area contributed by atoms with Crippen LogP contribution in [0.15, 0.2) is 29.1 Å². The van der Waals surface area contributed by atoms with E-state index in [4.69, 9.17) is 20.6 Å². The van der Waals surface area contributed by atoms with Gasteiger partial charge in [-0.3, -0.25) is 9.59 Å². The van der Waals surface area contributed by atoms with E-state index in [0.29, 0.717) is 35.1 Å². The summed E-state index contributed by atoms with van der Waals surface area (Å²) in [6, 6.07) is 5.52. The molecule has 0 saturated carbocycles. The predicted octanol–water partition coefficient (Wildman–Crippen LogP) is 5.36. The number of hydrogen-bond acceptors (Lipinski definition) is 5. The number of esters is 1. The van der Waals surface area contributed by atoms with Crippen molar-refractivity contribution in [3.05, 3.63) is 51.2 Å². The lowest BCUT2D eigenvalue weighted by Crippen LogP contribution is -2.38. The molecule has 0 aromatic heterocycles. The fraction of sp³-hybridized carbons (Fsp3) is 0.429. The molecule has 2 aromatic carbocycles. The van der Waals surface area contributed by atoms with E-state index in [0.717, 1.165) is 16.7 Å². The van der Waals surface area contributed by atoms with E-state index in [9.17, 15) is 9.59 Å². The highest BCUT2D eigenvalue weighted by atomic mass is 16.5. The molecule has 0 amide bonds. The van der Waals surface area contributed by atoms with Gasteiger partial charge in [-0.1, -0.05) is 33.8 Å². The molecule has 0 saturated heterocycles. The minimum absolute atomic E-state index is 0.114. The van der Waals surface area contributed by atoms with Gasteiger partial charge < -0.3 is 14.2 Å². The lowest BCUT2D eigenvalue weighted by Gasteiger charge is -2.35. The first-order chi connectivity index (χ1) is 15.6. The van der Waals surface area contributed by atoms with Crippen LogP contribution in [0.2, 0.25) is 0 Å². The number of rotatable bonds is 7. The molecule has 33 heavy (non-hydrogen) atoms. The normalized spacial score (nSPS) is 16.2. The molecule has 3 rings (SSSR count). The average molecular weight is 449 g/mol. The number of carbonyl (C=O) groups is 1. The fourth-order valence-corrected chi connectivity index (χ4v) is 4.39. The zero-order valence-electron chi connectivity index (χ0n) is 20.3. The SMILES string of the molecule is C#CCCCC(=O)OC1C=Cc2cc3c(OC)c(OC)c(C(C)C)cc3c(=O)cc2C1(C)C. The summed E-state index contributed by atoms with van der Waals surface area (Å²) in [5.41, 5.74) is 1.90. The number of methoxy groups -OCH3 is 2. The molecule has 5 heteroatoms. The van der Waals surface area contributed by atoms with E-state index in [2.05, 4.69) is 19.8 Å². The molecule has 1 atom stereocenters. The zero-order chi connectivity index (χ0) is 24.3. The van der Waals surface area contributed by atoms with E-state index >= 15 is 0 Å². The van der Waals surface area contributed by atoms with Gasteiger partial charge in [0.25, 0.3) is 0 Å². The highest BCUT2D eigenvalue weighted by molar-refractivity contribution is 5.93. The lowest BCUT2D eigenvalue weighted by molar-refractivity contribution is -0.149. The molecule has 174 valence electrons. The Morgan fingerprint density at radius 3 is 2.42 bits per heavy atom. The third kappa shape index (κ3) is 4.61. The number of unbranched alkanes of at least 4 members (excludes halogenated alkanes) is 1. The van der Waals surface area contributed by atoms with Gasteiger partial charge in [0.15, 0.2) is 16.9 Å². The van der Waals surface area contributed by atoms with E-state index < -0.39 is 11.5 Å². The number of fused-ring (bicyclic) bond motifs is 2. The van der Waals surface area contributed by atoms with Crippen molar-refractivity contribution in [3.63, 3.8) is 0 Å². The Balaban J connectivity index is 2.17. The molecule has 0 aliphatic heterocycles. The molecular formula is C28H32O5. The number of hydrogen-bond donors (Lipinski definition) is 0. The van der Waals surface area contributed by atoms with Crippen molar-refractivity contribution in [1.29, 1.82) is 0 Å². The second-order valence-electron chi connectivity index (χ2n) is 9.22. The second kappa shape index (κ2) is 9.70. The molecule has 5 nitrogen and oxygen atoms in total. The molecule has 2 aromatic rings. The van der Waals surface area contributed by atoms with Gasteiger partial charge in [-0.25, -0.2) is 0 Å². The van der Waals surface area contributed by atoms with Gasteiger partial charge in [0.05, 0.1) is 14.2 Å². The van der Waals surface area contributed by atoms with Crippen molar-refractivity contribution in [2.75, 3.05) is 14.2 Å². The number of ether oxygens (including phenoxy) is 3. The number of carbonyl (C=O) groups excluding carboxylic acids is 1. The molecule has 1 unspecified atom stereocenters. The van der Waals surface area contributed by atoms with Crippen molar-refractivity contribution in [2.24, 2.45) is 0 Å². The standard InChI is InChI=1S/C28H32O5/c1-8-9-10-11-25(30)33-24-13-12-18-14-21-20(23(29)16-22(18)28(24,4)5)15-19(17(2)3)26(31-6)27(21)32-7/h1,12-17,24H,9-11H2,2-7H3. The van der Waals surface area contributed by atoms with E-state index in [1.165, 1.54) is 0 Å². The Labute approximate surface area is 195 Å². The van der Waals surface area contributed by atoms with Crippen LogP contribution in [0.25, 0.3) is 16.8 Å². The highest BCUT2D eigenvalue weighted by Gasteiger charge is 2.37. The summed E-state index contributed by atoms with van der Waals surface area (Å²) in [7, 11) is 3.19. The summed E-state index contributed by atoms with van der Waals surface area (Å²) in [4.78, 5) is 25.8. The molecule has 0 heterocycles. The first kappa shape index (κ1) is 24.4. The maximum atomic E-state index is 13.4. The van der Waals surface area contributed by atoms with Crippen LogP contribution in [-0.4, -0.2) is 26.3 Å². The molecule has 0 bridgehead atoms. The van der Waals surface area contributed by atoms with Gasteiger partial charge >= 0.3 is 5.97 Å². The van der Waals surface area contributed by atoms with Crippen LogP contribution in [0.4, 0.5) is 0 Å².